The lowest BCUT2D eigenvalue weighted by Crippen LogP contribution is -2.64. The fourth-order valence-corrected chi connectivity index (χ4v) is 4.40. The number of guanidine groups is 1. The number of amides is 1. The predicted octanol–water partition coefficient (Wildman–Crippen LogP) is 2.04. The first-order valence-corrected chi connectivity index (χ1v) is 9.97. The van der Waals surface area contributed by atoms with Crippen LogP contribution in [0.2, 0.25) is 0 Å². The molecule has 2 aliphatic carbocycles. The minimum Gasteiger partial charge on any atom is -0.495 e. The van der Waals surface area contributed by atoms with Crippen LogP contribution in [0.3, 0.4) is 0 Å². The predicted molar refractivity (Wildman–Crippen MR) is 101 cm³/mol. The number of carbonyl (C=O) groups is 1. The van der Waals surface area contributed by atoms with Crippen LogP contribution in [0.4, 0.5) is 8.78 Å². The van der Waals surface area contributed by atoms with E-state index in [4.69, 9.17) is 19.9 Å². The number of nitrogens with zero attached hydrogens (tertiary/aromatic N) is 2. The van der Waals surface area contributed by atoms with Crippen LogP contribution in [0.5, 0.6) is 0 Å². The maximum absolute atomic E-state index is 15.0. The average Bonchev–Trinajstić information content (AvgIpc) is 3.51. The zero-order chi connectivity index (χ0) is 20.8. The second kappa shape index (κ2) is 7.68. The SMILES string of the molecule is COC[C@H]1C[C@H]2C(=O)N(C)C(N)=N[C@@]2(C2CC(OCC3CC3)=C(F)C=C2F)CO1. The van der Waals surface area contributed by atoms with Crippen molar-refractivity contribution >= 4 is 11.9 Å². The molecule has 0 spiro atoms. The lowest BCUT2D eigenvalue weighted by molar-refractivity contribution is -0.151. The Balaban J connectivity index is 1.66. The molecule has 4 aliphatic rings. The third kappa shape index (κ3) is 3.66. The van der Waals surface area contributed by atoms with Crippen LogP contribution < -0.4 is 5.73 Å². The van der Waals surface area contributed by atoms with Gasteiger partial charge in [0.05, 0.1) is 31.8 Å². The summed E-state index contributed by atoms with van der Waals surface area (Å²) in [6.07, 6.45) is 2.96. The van der Waals surface area contributed by atoms with Gasteiger partial charge in [-0.2, -0.15) is 0 Å². The van der Waals surface area contributed by atoms with Gasteiger partial charge in [-0.3, -0.25) is 9.69 Å². The summed E-state index contributed by atoms with van der Waals surface area (Å²) < 4.78 is 46.1. The summed E-state index contributed by atoms with van der Waals surface area (Å²) >= 11 is 0. The van der Waals surface area contributed by atoms with Gasteiger partial charge in [0.1, 0.15) is 17.1 Å². The highest BCUT2D eigenvalue weighted by atomic mass is 19.1. The Morgan fingerprint density at radius 1 is 1.34 bits per heavy atom. The van der Waals surface area contributed by atoms with E-state index in [0.29, 0.717) is 25.6 Å². The molecule has 0 aromatic rings. The fourth-order valence-electron chi connectivity index (χ4n) is 4.40. The van der Waals surface area contributed by atoms with Crippen molar-refractivity contribution < 1.29 is 27.8 Å². The molecular formula is C20H27F2N3O4. The van der Waals surface area contributed by atoms with E-state index in [9.17, 15) is 9.18 Å². The molecule has 1 saturated heterocycles. The van der Waals surface area contributed by atoms with E-state index in [2.05, 4.69) is 4.99 Å². The molecule has 160 valence electrons. The molecule has 2 heterocycles. The van der Waals surface area contributed by atoms with Crippen molar-refractivity contribution in [3.63, 3.8) is 0 Å². The number of hydrogen-bond acceptors (Lipinski definition) is 6. The number of methoxy groups -OCH3 is 1. The van der Waals surface area contributed by atoms with Crippen molar-refractivity contribution in [3.05, 3.63) is 23.5 Å². The van der Waals surface area contributed by atoms with Gasteiger partial charge in [0.2, 0.25) is 5.91 Å². The number of fused-ring (bicyclic) bond motifs is 1. The molecule has 2 N–H and O–H groups in total. The smallest absolute Gasteiger partial charge is 0.234 e. The molecule has 7 nitrogen and oxygen atoms in total. The maximum Gasteiger partial charge on any atom is 0.234 e. The molecule has 29 heavy (non-hydrogen) atoms. The summed E-state index contributed by atoms with van der Waals surface area (Å²) in [7, 11) is 3.10. The van der Waals surface area contributed by atoms with E-state index in [1.807, 2.05) is 0 Å². The van der Waals surface area contributed by atoms with E-state index < -0.39 is 29.0 Å². The lowest BCUT2D eigenvalue weighted by atomic mass is 9.67. The van der Waals surface area contributed by atoms with Crippen molar-refractivity contribution in [2.75, 3.05) is 34.0 Å². The summed E-state index contributed by atoms with van der Waals surface area (Å²) in [6, 6.07) is 0. The number of halogens is 2. The van der Waals surface area contributed by atoms with Crippen molar-refractivity contribution in [1.29, 1.82) is 0 Å². The monoisotopic (exact) mass is 411 g/mol. The molecule has 0 bridgehead atoms. The first-order valence-electron chi connectivity index (χ1n) is 9.97. The van der Waals surface area contributed by atoms with Crippen LogP contribution in [0.1, 0.15) is 25.7 Å². The van der Waals surface area contributed by atoms with Gasteiger partial charge < -0.3 is 19.9 Å². The summed E-state index contributed by atoms with van der Waals surface area (Å²) in [4.78, 5) is 18.9. The molecule has 1 amide bonds. The first kappa shape index (κ1) is 20.3. The van der Waals surface area contributed by atoms with Crippen LogP contribution >= 0.6 is 0 Å². The highest BCUT2D eigenvalue weighted by molar-refractivity contribution is 6.00. The van der Waals surface area contributed by atoms with Crippen molar-refractivity contribution in [2.45, 2.75) is 37.3 Å². The Morgan fingerprint density at radius 2 is 2.10 bits per heavy atom. The molecule has 4 atom stereocenters. The van der Waals surface area contributed by atoms with Crippen molar-refractivity contribution in [1.82, 2.24) is 4.90 Å². The average molecular weight is 411 g/mol. The molecule has 2 aliphatic heterocycles. The number of ether oxygens (including phenoxy) is 3. The van der Waals surface area contributed by atoms with Gasteiger partial charge in [0.25, 0.3) is 0 Å². The lowest BCUT2D eigenvalue weighted by Gasteiger charge is -2.50. The Bertz CT molecular complexity index is 780. The Morgan fingerprint density at radius 3 is 2.79 bits per heavy atom. The molecule has 0 aromatic heterocycles. The molecule has 1 saturated carbocycles. The molecular weight excluding hydrogens is 384 g/mol. The second-order valence-electron chi connectivity index (χ2n) is 8.35. The fraction of sp³-hybridized carbons (Fsp3) is 0.700. The van der Waals surface area contributed by atoms with Crippen LogP contribution in [-0.2, 0) is 19.0 Å². The minimum atomic E-state index is -1.24. The summed E-state index contributed by atoms with van der Waals surface area (Å²) in [6.45, 7) is 0.728. The minimum absolute atomic E-state index is 0.00307. The highest BCUT2D eigenvalue weighted by Gasteiger charge is 2.58. The molecule has 0 aromatic carbocycles. The van der Waals surface area contributed by atoms with Crippen LogP contribution in [0.15, 0.2) is 28.5 Å². The Labute approximate surface area is 168 Å². The van der Waals surface area contributed by atoms with Crippen molar-refractivity contribution in [3.8, 4) is 0 Å². The van der Waals surface area contributed by atoms with Crippen molar-refractivity contribution in [2.24, 2.45) is 28.5 Å². The number of allylic oxidation sites excluding steroid dienone is 3. The van der Waals surface area contributed by atoms with Gasteiger partial charge in [-0.15, -0.1) is 0 Å². The van der Waals surface area contributed by atoms with Gasteiger partial charge >= 0.3 is 0 Å². The van der Waals surface area contributed by atoms with Gasteiger partial charge in [-0.1, -0.05) is 0 Å². The molecule has 4 rings (SSSR count). The van der Waals surface area contributed by atoms with Gasteiger partial charge in [0, 0.05) is 32.6 Å². The third-order valence-electron chi connectivity index (χ3n) is 6.35. The molecule has 9 heteroatoms. The van der Waals surface area contributed by atoms with E-state index in [1.54, 1.807) is 14.2 Å². The normalized spacial score (nSPS) is 35.2. The van der Waals surface area contributed by atoms with Gasteiger partial charge in [-0.05, 0) is 25.2 Å². The maximum atomic E-state index is 15.0. The summed E-state index contributed by atoms with van der Waals surface area (Å²) in [5.74, 6) is -2.62. The van der Waals surface area contributed by atoms with E-state index in [-0.39, 0.29) is 36.8 Å². The van der Waals surface area contributed by atoms with Crippen LogP contribution in [0, 0.1) is 17.8 Å². The van der Waals surface area contributed by atoms with Crippen LogP contribution in [0.25, 0.3) is 0 Å². The Hall–Kier alpha value is -2.00. The summed E-state index contributed by atoms with van der Waals surface area (Å²) in [5, 5.41) is 0. The topological polar surface area (TPSA) is 86.4 Å². The molecule has 1 unspecified atom stereocenters. The van der Waals surface area contributed by atoms with Gasteiger partial charge in [-0.25, -0.2) is 13.8 Å². The van der Waals surface area contributed by atoms with E-state index in [1.165, 1.54) is 4.90 Å². The first-order chi connectivity index (χ1) is 13.9. The van der Waals surface area contributed by atoms with E-state index in [0.717, 1.165) is 18.9 Å². The van der Waals surface area contributed by atoms with E-state index >= 15 is 4.39 Å². The Kier molecular flexibility index (Phi) is 5.37. The quantitative estimate of drug-likeness (QED) is 0.723. The highest BCUT2D eigenvalue weighted by Crippen LogP contribution is 2.49. The zero-order valence-electron chi connectivity index (χ0n) is 16.7. The second-order valence-corrected chi connectivity index (χ2v) is 8.35. The standard InChI is InChI=1S/C20H27F2N3O4/c1-25-18(26)14-5-12(9-27-2)29-10-20(14,24-19(25)23)13-6-17(16(22)7-15(13)21)28-8-11-3-4-11/h7,11-14H,3-6,8-10H2,1-2H3,(H2,23,24)/t12-,13?,14+,20-/m1/s1. The number of aliphatic imine (C=N–C) groups is 1. The number of hydrogen-bond donors (Lipinski definition) is 1. The zero-order valence-corrected chi connectivity index (χ0v) is 16.7. The molecule has 0 radical (unpaired) electrons. The van der Waals surface area contributed by atoms with Crippen LogP contribution in [-0.4, -0.2) is 62.4 Å². The third-order valence-corrected chi connectivity index (χ3v) is 6.35. The largest absolute Gasteiger partial charge is 0.495 e. The van der Waals surface area contributed by atoms with Gasteiger partial charge in [0.15, 0.2) is 11.8 Å². The number of rotatable bonds is 6. The summed E-state index contributed by atoms with van der Waals surface area (Å²) in [5.41, 5.74) is 4.75. The molecule has 2 fully saturated rings. The number of carbonyl (C=O) groups excluding carboxylic acids is 1. The number of nitrogens with two attached hydrogens (primary N) is 1.